The number of aliphatic hydroxyl groups is 1. The van der Waals surface area contributed by atoms with Crippen LogP contribution >= 0.6 is 11.6 Å². The van der Waals surface area contributed by atoms with E-state index in [1.807, 2.05) is 13.8 Å². The van der Waals surface area contributed by atoms with E-state index in [0.717, 1.165) is 6.42 Å². The molecule has 0 spiro atoms. The zero-order chi connectivity index (χ0) is 35.1. The Balaban J connectivity index is 1.68. The molecule has 3 aromatic carbocycles. The highest BCUT2D eigenvalue weighted by atomic mass is 35.5. The smallest absolute Gasteiger partial charge is 0.261 e. The normalized spacial score (nSPS) is 20.8. The average Bonchev–Trinajstić information content (AvgIpc) is 3.06. The molecule has 4 rings (SSSR count). The fourth-order valence-corrected chi connectivity index (χ4v) is 7.78. The van der Waals surface area contributed by atoms with Gasteiger partial charge in [0.05, 0.1) is 40.2 Å². The summed E-state index contributed by atoms with van der Waals surface area (Å²) in [6.45, 7) is 5.66. The van der Waals surface area contributed by atoms with Crippen LogP contribution < -0.4 is 9.46 Å². The van der Waals surface area contributed by atoms with E-state index in [-0.39, 0.29) is 58.5 Å². The molecule has 0 saturated heterocycles. The third kappa shape index (κ3) is 9.48. The lowest BCUT2D eigenvalue weighted by Gasteiger charge is -2.35. The Morgan fingerprint density at radius 1 is 1.00 bits per heavy atom. The van der Waals surface area contributed by atoms with Crippen molar-refractivity contribution < 1.29 is 36.2 Å². The predicted octanol–water partition coefficient (Wildman–Crippen LogP) is 5.26. The molecule has 14 heteroatoms. The Labute approximate surface area is 288 Å². The second kappa shape index (κ2) is 16.5. The molecule has 0 unspecified atom stereocenters. The number of sulfonamides is 2. The highest BCUT2D eigenvalue weighted by molar-refractivity contribution is 7.92. The van der Waals surface area contributed by atoms with E-state index in [9.17, 15) is 26.7 Å². The van der Waals surface area contributed by atoms with Crippen LogP contribution in [0.4, 0.5) is 5.69 Å². The third-order valence-electron chi connectivity index (χ3n) is 8.32. The summed E-state index contributed by atoms with van der Waals surface area (Å²) >= 11 is 5.94. The Kier molecular flexibility index (Phi) is 12.9. The van der Waals surface area contributed by atoms with Crippen molar-refractivity contribution in [2.45, 2.75) is 68.1 Å². The van der Waals surface area contributed by atoms with Crippen molar-refractivity contribution in [3.05, 3.63) is 83.4 Å². The van der Waals surface area contributed by atoms with Crippen molar-refractivity contribution in [2.75, 3.05) is 38.1 Å². The van der Waals surface area contributed by atoms with Crippen LogP contribution in [0.5, 0.6) is 5.75 Å². The number of hydrogen-bond donors (Lipinski definition) is 2. The first kappa shape index (κ1) is 37.6. The van der Waals surface area contributed by atoms with Crippen LogP contribution in [-0.4, -0.2) is 88.7 Å². The van der Waals surface area contributed by atoms with E-state index >= 15 is 0 Å². The second-order valence-electron chi connectivity index (χ2n) is 12.2. The minimum Gasteiger partial charge on any atom is -0.490 e. The number of carbonyl (C=O) groups excluding carboxylic acids is 1. The summed E-state index contributed by atoms with van der Waals surface area (Å²) in [6.07, 6.45) is 1.26. The van der Waals surface area contributed by atoms with Crippen LogP contribution in [0.1, 0.15) is 50.4 Å². The number of aliphatic hydroxyl groups excluding tert-OH is 1. The van der Waals surface area contributed by atoms with Crippen molar-refractivity contribution in [3.8, 4) is 5.75 Å². The number of ether oxygens (including phenoxy) is 2. The van der Waals surface area contributed by atoms with Gasteiger partial charge in [-0.1, -0.05) is 36.7 Å². The minimum atomic E-state index is -4.01. The van der Waals surface area contributed by atoms with Crippen LogP contribution in [0.25, 0.3) is 0 Å². The molecule has 0 fully saturated rings. The van der Waals surface area contributed by atoms with E-state index in [4.69, 9.17) is 21.1 Å². The molecule has 2 N–H and O–H groups in total. The van der Waals surface area contributed by atoms with Gasteiger partial charge in [0.2, 0.25) is 10.0 Å². The van der Waals surface area contributed by atoms with Crippen LogP contribution in [0.3, 0.4) is 0 Å². The number of halogens is 1. The number of hydrogen-bond acceptors (Lipinski definition) is 8. The molecule has 0 radical (unpaired) electrons. The summed E-state index contributed by atoms with van der Waals surface area (Å²) in [6, 6.07) is 17.7. The van der Waals surface area contributed by atoms with Crippen LogP contribution in [-0.2, 0) is 24.8 Å². The van der Waals surface area contributed by atoms with Gasteiger partial charge in [-0.05, 0) is 87.7 Å². The van der Waals surface area contributed by atoms with Gasteiger partial charge in [0.25, 0.3) is 15.9 Å². The summed E-state index contributed by atoms with van der Waals surface area (Å²) in [4.78, 5) is 16.0. The van der Waals surface area contributed by atoms with Crippen LogP contribution in [0.15, 0.2) is 82.6 Å². The van der Waals surface area contributed by atoms with Crippen molar-refractivity contribution in [1.82, 2.24) is 9.21 Å². The quantitative estimate of drug-likeness (QED) is 0.305. The maximum absolute atomic E-state index is 14.4. The van der Waals surface area contributed by atoms with Gasteiger partial charge in [0.1, 0.15) is 5.75 Å². The molecule has 4 atom stereocenters. The maximum atomic E-state index is 14.4. The van der Waals surface area contributed by atoms with Crippen molar-refractivity contribution in [3.63, 3.8) is 0 Å². The molecule has 1 aliphatic rings. The fraction of sp³-hybridized carbons (Fsp3) is 0.441. The molecular weight excluding hydrogens is 678 g/mol. The predicted molar refractivity (Wildman–Crippen MR) is 185 cm³/mol. The fourth-order valence-electron chi connectivity index (χ4n) is 5.40. The summed E-state index contributed by atoms with van der Waals surface area (Å²) in [5.74, 6) is -0.573. The zero-order valence-corrected chi connectivity index (χ0v) is 30.0. The largest absolute Gasteiger partial charge is 0.490 e. The molecule has 1 heterocycles. The minimum absolute atomic E-state index is 0.00201. The molecule has 11 nitrogen and oxygen atoms in total. The van der Waals surface area contributed by atoms with Crippen LogP contribution in [0.2, 0.25) is 5.02 Å². The molecule has 48 heavy (non-hydrogen) atoms. The van der Waals surface area contributed by atoms with Crippen LogP contribution in [0, 0.1) is 5.92 Å². The maximum Gasteiger partial charge on any atom is 0.261 e. The molecule has 3 aromatic rings. The second-order valence-corrected chi connectivity index (χ2v) is 16.3. The lowest BCUT2D eigenvalue weighted by atomic mass is 10.0. The number of likely N-dealkylation sites (N-methyl/N-ethyl adjacent to an activating group) is 1. The van der Waals surface area contributed by atoms with Gasteiger partial charge in [-0.2, -0.15) is 4.31 Å². The Morgan fingerprint density at radius 2 is 1.69 bits per heavy atom. The lowest BCUT2D eigenvalue weighted by molar-refractivity contribution is -0.00833. The summed E-state index contributed by atoms with van der Waals surface area (Å²) in [5.41, 5.74) is 0.261. The van der Waals surface area contributed by atoms with E-state index in [1.165, 1.54) is 64.8 Å². The monoisotopic (exact) mass is 721 g/mol. The summed E-state index contributed by atoms with van der Waals surface area (Å²) in [7, 11) is -6.31. The SMILES string of the molecule is C[C@@H]1CCCCO[C@@H](CN(C)S(=O)(=O)c2ccccc2)[C@H](C)CN([C@H](C)CO)C(=O)c2cc(NS(=O)(=O)c3ccc(Cl)cc3)ccc2O1. The molecule has 0 bridgehead atoms. The zero-order valence-electron chi connectivity index (χ0n) is 27.6. The third-order valence-corrected chi connectivity index (χ3v) is 11.8. The first-order valence-corrected chi connectivity index (χ1v) is 19.2. The number of fused-ring (bicyclic) bond motifs is 1. The molecule has 1 aliphatic heterocycles. The van der Waals surface area contributed by atoms with E-state index in [0.29, 0.717) is 24.5 Å². The Hall–Kier alpha value is -3.20. The van der Waals surface area contributed by atoms with Gasteiger partial charge in [-0.25, -0.2) is 16.8 Å². The van der Waals surface area contributed by atoms with E-state index in [1.54, 1.807) is 31.2 Å². The average molecular weight is 722 g/mol. The molecule has 262 valence electrons. The molecular formula is C34H44ClN3O8S2. The topological polar surface area (TPSA) is 143 Å². The highest BCUT2D eigenvalue weighted by Crippen LogP contribution is 2.30. The number of amides is 1. The Bertz CT molecular complexity index is 1740. The summed E-state index contributed by atoms with van der Waals surface area (Å²) in [5, 5.41) is 10.6. The van der Waals surface area contributed by atoms with Gasteiger partial charge >= 0.3 is 0 Å². The van der Waals surface area contributed by atoms with E-state index < -0.39 is 38.1 Å². The van der Waals surface area contributed by atoms with Gasteiger partial charge in [-0.15, -0.1) is 0 Å². The van der Waals surface area contributed by atoms with Crippen molar-refractivity contribution in [2.24, 2.45) is 5.92 Å². The first-order chi connectivity index (χ1) is 22.7. The number of carbonyl (C=O) groups is 1. The van der Waals surface area contributed by atoms with E-state index in [2.05, 4.69) is 4.72 Å². The molecule has 1 amide bonds. The number of benzene rings is 3. The summed E-state index contributed by atoms with van der Waals surface area (Å²) < 4.78 is 69.4. The van der Waals surface area contributed by atoms with Gasteiger partial charge in [0.15, 0.2) is 0 Å². The molecule has 0 aliphatic carbocycles. The van der Waals surface area contributed by atoms with Gasteiger partial charge in [-0.3, -0.25) is 9.52 Å². The molecule has 0 aromatic heterocycles. The number of anilines is 1. The van der Waals surface area contributed by atoms with Gasteiger partial charge in [0, 0.05) is 43.4 Å². The van der Waals surface area contributed by atoms with Crippen molar-refractivity contribution >= 4 is 43.2 Å². The Morgan fingerprint density at radius 3 is 2.35 bits per heavy atom. The van der Waals surface area contributed by atoms with Crippen molar-refractivity contribution in [1.29, 1.82) is 0 Å². The number of nitrogens with one attached hydrogen (secondary N) is 1. The highest BCUT2D eigenvalue weighted by Gasteiger charge is 2.32. The number of rotatable bonds is 9. The van der Waals surface area contributed by atoms with Gasteiger partial charge < -0.3 is 19.5 Å². The standard InChI is InChI=1S/C34H44ClN3O8S2/c1-24-21-38(25(2)23-39)34(40)31-20-28(36-47(41,42)29-16-13-27(35)14-17-29)15-18-32(31)46-26(3)10-8-9-19-45-33(24)22-37(4)48(43,44)30-11-6-5-7-12-30/h5-7,11-18,20,24-26,33,36,39H,8-10,19,21-23H2,1-4H3/t24-,25-,26-,33+/m1/s1. The number of nitrogens with zero attached hydrogens (tertiary/aromatic N) is 2. The molecule has 0 saturated carbocycles. The first-order valence-electron chi connectivity index (χ1n) is 15.9. The lowest BCUT2D eigenvalue weighted by Crippen LogP contribution is -2.48.